The van der Waals surface area contributed by atoms with E-state index < -0.39 is 17.5 Å². The minimum absolute atomic E-state index is 0.392. The highest BCUT2D eigenvalue weighted by molar-refractivity contribution is 6.35. The lowest BCUT2D eigenvalue weighted by atomic mass is 9.82. The molecule has 0 atom stereocenters. The summed E-state index contributed by atoms with van der Waals surface area (Å²) in [6.45, 7) is 0. The Hall–Kier alpha value is -1.46. The van der Waals surface area contributed by atoms with Crippen LogP contribution in [0.4, 0.5) is 10.5 Å². The Morgan fingerprint density at radius 3 is 2.14 bits per heavy atom. The Bertz CT molecular complexity index is 537. The molecule has 2 amide bonds. The largest absolute Gasteiger partial charge is 0.480 e. The molecule has 7 heteroatoms. The Morgan fingerprint density at radius 1 is 1.05 bits per heavy atom. The van der Waals surface area contributed by atoms with Crippen molar-refractivity contribution >= 4 is 40.9 Å². The number of hydrogen-bond acceptors (Lipinski definition) is 2. The van der Waals surface area contributed by atoms with Crippen LogP contribution in [-0.4, -0.2) is 22.6 Å². The number of hydrogen-bond donors (Lipinski definition) is 3. The van der Waals surface area contributed by atoms with Gasteiger partial charge in [0.25, 0.3) is 0 Å². The fourth-order valence-corrected chi connectivity index (χ4v) is 3.08. The molecule has 0 saturated heterocycles. The Balaban J connectivity index is 2.07. The fourth-order valence-electron chi connectivity index (χ4n) is 2.55. The van der Waals surface area contributed by atoms with E-state index in [4.69, 9.17) is 23.2 Å². The molecule has 0 radical (unpaired) electrons. The van der Waals surface area contributed by atoms with Gasteiger partial charge in [0, 0.05) is 15.7 Å². The Morgan fingerprint density at radius 2 is 1.62 bits per heavy atom. The first kappa shape index (κ1) is 15.9. The minimum Gasteiger partial charge on any atom is -0.480 e. The average molecular weight is 331 g/mol. The number of carboxylic acid groups (broad SMARTS) is 1. The van der Waals surface area contributed by atoms with Crippen molar-refractivity contribution in [3.05, 3.63) is 28.2 Å². The van der Waals surface area contributed by atoms with Crippen LogP contribution in [0.2, 0.25) is 10.0 Å². The summed E-state index contributed by atoms with van der Waals surface area (Å²) in [5.74, 6) is -0.999. The molecule has 0 aliphatic heterocycles. The van der Waals surface area contributed by atoms with Crippen LogP contribution in [0.25, 0.3) is 0 Å². The van der Waals surface area contributed by atoms with Crippen LogP contribution in [-0.2, 0) is 4.79 Å². The van der Waals surface area contributed by atoms with Gasteiger partial charge in [0.1, 0.15) is 5.54 Å². The number of carbonyl (C=O) groups excluding carboxylic acids is 1. The van der Waals surface area contributed by atoms with E-state index >= 15 is 0 Å². The molecule has 2 rings (SSSR count). The van der Waals surface area contributed by atoms with Crippen molar-refractivity contribution in [1.82, 2.24) is 5.32 Å². The summed E-state index contributed by atoms with van der Waals surface area (Å²) in [6, 6.07) is 4.06. The molecule has 5 nitrogen and oxygen atoms in total. The molecule has 21 heavy (non-hydrogen) atoms. The maximum absolute atomic E-state index is 12.0. The molecular weight excluding hydrogens is 315 g/mol. The fraction of sp³-hybridized carbons (Fsp3) is 0.429. The van der Waals surface area contributed by atoms with Crippen molar-refractivity contribution in [1.29, 1.82) is 0 Å². The molecule has 1 aliphatic rings. The van der Waals surface area contributed by atoms with Crippen LogP contribution in [0.3, 0.4) is 0 Å². The lowest BCUT2D eigenvalue weighted by Gasteiger charge is -2.33. The zero-order valence-electron chi connectivity index (χ0n) is 11.3. The maximum Gasteiger partial charge on any atom is 0.329 e. The number of halogens is 2. The quantitative estimate of drug-likeness (QED) is 0.786. The molecule has 1 aromatic rings. The van der Waals surface area contributed by atoms with Gasteiger partial charge in [0.05, 0.1) is 0 Å². The zero-order chi connectivity index (χ0) is 15.5. The van der Waals surface area contributed by atoms with Gasteiger partial charge in [-0.3, -0.25) is 0 Å². The van der Waals surface area contributed by atoms with Crippen LogP contribution < -0.4 is 10.6 Å². The predicted molar refractivity (Wildman–Crippen MR) is 82.1 cm³/mol. The second kappa shape index (κ2) is 6.54. The monoisotopic (exact) mass is 330 g/mol. The van der Waals surface area contributed by atoms with E-state index in [0.717, 1.165) is 19.3 Å². The molecule has 0 unspecified atom stereocenters. The molecule has 0 heterocycles. The minimum atomic E-state index is -1.19. The molecule has 0 spiro atoms. The average Bonchev–Trinajstić information content (AvgIpc) is 2.37. The molecule has 0 aromatic heterocycles. The van der Waals surface area contributed by atoms with Gasteiger partial charge in [-0.15, -0.1) is 0 Å². The van der Waals surface area contributed by atoms with E-state index in [1.165, 1.54) is 0 Å². The molecule has 3 N–H and O–H groups in total. The molecule has 1 aromatic carbocycles. The third kappa shape index (κ3) is 4.02. The van der Waals surface area contributed by atoms with Crippen LogP contribution >= 0.6 is 23.2 Å². The first-order chi connectivity index (χ1) is 9.91. The van der Waals surface area contributed by atoms with Gasteiger partial charge in [-0.25, -0.2) is 9.59 Å². The van der Waals surface area contributed by atoms with Crippen LogP contribution in [0.5, 0.6) is 0 Å². The molecule has 1 saturated carbocycles. The van der Waals surface area contributed by atoms with Crippen molar-refractivity contribution < 1.29 is 14.7 Å². The molecule has 114 valence electrons. The zero-order valence-corrected chi connectivity index (χ0v) is 12.8. The van der Waals surface area contributed by atoms with Crippen molar-refractivity contribution in [2.75, 3.05) is 5.32 Å². The number of nitrogens with one attached hydrogen (secondary N) is 2. The Kier molecular flexibility index (Phi) is 4.96. The van der Waals surface area contributed by atoms with E-state index in [2.05, 4.69) is 10.6 Å². The number of amides is 2. The summed E-state index contributed by atoms with van der Waals surface area (Å²) in [4.78, 5) is 23.5. The summed E-state index contributed by atoms with van der Waals surface area (Å²) < 4.78 is 0. The van der Waals surface area contributed by atoms with E-state index in [-0.39, 0.29) is 0 Å². The maximum atomic E-state index is 12.0. The summed E-state index contributed by atoms with van der Waals surface area (Å²) in [5.41, 5.74) is -0.772. The van der Waals surface area contributed by atoms with Gasteiger partial charge < -0.3 is 15.7 Å². The topological polar surface area (TPSA) is 78.4 Å². The normalized spacial score (nSPS) is 17.0. The first-order valence-corrected chi connectivity index (χ1v) is 7.45. The van der Waals surface area contributed by atoms with Gasteiger partial charge >= 0.3 is 12.0 Å². The van der Waals surface area contributed by atoms with Gasteiger partial charge in [-0.05, 0) is 31.0 Å². The Labute approximate surface area is 132 Å². The number of urea groups is 1. The van der Waals surface area contributed by atoms with Gasteiger partial charge in [0.15, 0.2) is 0 Å². The summed E-state index contributed by atoms with van der Waals surface area (Å²) in [5, 5.41) is 15.3. The van der Waals surface area contributed by atoms with E-state index in [9.17, 15) is 14.7 Å². The highest BCUT2D eigenvalue weighted by atomic mass is 35.5. The highest BCUT2D eigenvalue weighted by Crippen LogP contribution is 2.29. The van der Waals surface area contributed by atoms with Crippen molar-refractivity contribution in [2.45, 2.75) is 37.6 Å². The van der Waals surface area contributed by atoms with Crippen molar-refractivity contribution in [2.24, 2.45) is 0 Å². The summed E-state index contributed by atoms with van der Waals surface area (Å²) in [7, 11) is 0. The molecular formula is C14H16Cl2N2O3. The number of rotatable bonds is 3. The first-order valence-electron chi connectivity index (χ1n) is 6.70. The number of carboxylic acids is 1. The second-order valence-corrected chi connectivity index (χ2v) is 6.06. The van der Waals surface area contributed by atoms with Crippen molar-refractivity contribution in [3.63, 3.8) is 0 Å². The number of anilines is 1. The predicted octanol–water partition coefficient (Wildman–Crippen LogP) is 3.90. The van der Waals surface area contributed by atoms with Crippen LogP contribution in [0, 0.1) is 0 Å². The van der Waals surface area contributed by atoms with Gasteiger partial charge in [-0.1, -0.05) is 42.5 Å². The van der Waals surface area contributed by atoms with E-state index in [1.54, 1.807) is 18.2 Å². The van der Waals surface area contributed by atoms with Crippen LogP contribution in [0.1, 0.15) is 32.1 Å². The summed E-state index contributed by atoms with van der Waals surface area (Å²) >= 11 is 11.7. The lowest BCUT2D eigenvalue weighted by molar-refractivity contribution is -0.145. The van der Waals surface area contributed by atoms with Gasteiger partial charge in [0.2, 0.25) is 0 Å². The lowest BCUT2D eigenvalue weighted by Crippen LogP contribution is -2.56. The molecule has 1 aliphatic carbocycles. The third-order valence-electron chi connectivity index (χ3n) is 3.59. The van der Waals surface area contributed by atoms with E-state index in [1.807, 2.05) is 0 Å². The summed E-state index contributed by atoms with van der Waals surface area (Å²) in [6.07, 6.45) is 3.44. The smallest absolute Gasteiger partial charge is 0.329 e. The number of aliphatic carboxylic acids is 1. The van der Waals surface area contributed by atoms with Crippen LogP contribution in [0.15, 0.2) is 18.2 Å². The molecule has 1 fully saturated rings. The highest BCUT2D eigenvalue weighted by Gasteiger charge is 2.40. The van der Waals surface area contributed by atoms with Crippen molar-refractivity contribution in [3.8, 4) is 0 Å². The third-order valence-corrected chi connectivity index (χ3v) is 4.03. The van der Waals surface area contributed by atoms with E-state index in [0.29, 0.717) is 28.6 Å². The number of benzene rings is 1. The number of carbonyl (C=O) groups is 2. The van der Waals surface area contributed by atoms with Gasteiger partial charge in [-0.2, -0.15) is 0 Å². The molecule has 0 bridgehead atoms. The second-order valence-electron chi connectivity index (χ2n) is 5.19. The standard InChI is InChI=1S/C14H16Cl2N2O3/c15-9-6-10(16)8-11(7-9)17-13(21)18-14(12(19)20)4-2-1-3-5-14/h6-8H,1-5H2,(H,19,20)(H2,17,18,21). The SMILES string of the molecule is O=C(Nc1cc(Cl)cc(Cl)c1)NC1(C(=O)O)CCCCC1.